The van der Waals surface area contributed by atoms with Crippen molar-refractivity contribution >= 4 is 39.1 Å². The molecule has 0 aliphatic heterocycles. The van der Waals surface area contributed by atoms with Gasteiger partial charge in [0.2, 0.25) is 11.8 Å². The Balaban J connectivity index is 1.86. The summed E-state index contributed by atoms with van der Waals surface area (Å²) >= 11 is 5.88. The van der Waals surface area contributed by atoms with Crippen LogP contribution >= 0.6 is 11.6 Å². The molecule has 8 nitrogen and oxygen atoms in total. The van der Waals surface area contributed by atoms with E-state index >= 15 is 0 Å². The number of carbonyl (C=O) groups excluding carboxylic acids is 2. The predicted molar refractivity (Wildman–Crippen MR) is 183 cm³/mol. The summed E-state index contributed by atoms with van der Waals surface area (Å²) in [4.78, 5) is 29.4. The Hall–Kier alpha value is -4.55. The average Bonchev–Trinajstić information content (AvgIpc) is 3.08. The SMILES string of the molecule is COc1cccc(CN(C(=O)CN(c2ccc(Cl)c(C(F)(F)F)c2)S(=O)(=O)c2ccccc2)[C@H](Cc2ccccc2)C(=O)NCC(C)C)c1. The van der Waals surface area contributed by atoms with Gasteiger partial charge in [-0.15, -0.1) is 0 Å². The molecule has 0 unspecified atom stereocenters. The van der Waals surface area contributed by atoms with E-state index in [1.165, 1.54) is 36.3 Å². The van der Waals surface area contributed by atoms with Gasteiger partial charge in [0.25, 0.3) is 10.0 Å². The van der Waals surface area contributed by atoms with Crippen molar-refractivity contribution in [2.75, 3.05) is 24.5 Å². The van der Waals surface area contributed by atoms with E-state index in [2.05, 4.69) is 5.32 Å². The molecular formula is C36H37ClF3N3O5S. The van der Waals surface area contributed by atoms with Crippen LogP contribution < -0.4 is 14.4 Å². The normalized spacial score (nSPS) is 12.3. The number of hydrogen-bond donors (Lipinski definition) is 1. The molecule has 4 aromatic rings. The second-order valence-electron chi connectivity index (χ2n) is 11.7. The number of carbonyl (C=O) groups is 2. The van der Waals surface area contributed by atoms with Gasteiger partial charge in [-0.1, -0.05) is 86.1 Å². The fourth-order valence-corrected chi connectivity index (χ4v) is 6.73. The first-order valence-electron chi connectivity index (χ1n) is 15.4. The van der Waals surface area contributed by atoms with E-state index in [0.29, 0.717) is 28.2 Å². The largest absolute Gasteiger partial charge is 0.497 e. The van der Waals surface area contributed by atoms with Crippen molar-refractivity contribution in [2.45, 2.75) is 43.9 Å². The van der Waals surface area contributed by atoms with Crippen LogP contribution in [0, 0.1) is 5.92 Å². The lowest BCUT2D eigenvalue weighted by Gasteiger charge is -2.34. The van der Waals surface area contributed by atoms with Crippen LogP contribution in [0.15, 0.2) is 108 Å². The van der Waals surface area contributed by atoms with E-state index in [1.54, 1.807) is 54.6 Å². The molecule has 4 rings (SSSR count). The van der Waals surface area contributed by atoms with Crippen molar-refractivity contribution in [3.05, 3.63) is 125 Å². The quantitative estimate of drug-likeness (QED) is 0.152. The van der Waals surface area contributed by atoms with Gasteiger partial charge in [0.05, 0.1) is 28.3 Å². The van der Waals surface area contributed by atoms with Crippen LogP contribution in [0.5, 0.6) is 5.75 Å². The van der Waals surface area contributed by atoms with Gasteiger partial charge >= 0.3 is 6.18 Å². The summed E-state index contributed by atoms with van der Waals surface area (Å²) in [5.74, 6) is -0.727. The van der Waals surface area contributed by atoms with Gasteiger partial charge < -0.3 is 15.0 Å². The van der Waals surface area contributed by atoms with Crippen LogP contribution in [0.4, 0.5) is 18.9 Å². The third kappa shape index (κ3) is 9.76. The maximum atomic E-state index is 14.5. The van der Waals surface area contributed by atoms with Crippen LogP contribution in [0.25, 0.3) is 0 Å². The molecule has 260 valence electrons. The van der Waals surface area contributed by atoms with E-state index in [-0.39, 0.29) is 23.8 Å². The number of amides is 2. The summed E-state index contributed by atoms with van der Waals surface area (Å²) in [6, 6.07) is 24.4. The van der Waals surface area contributed by atoms with Crippen molar-refractivity contribution in [3.63, 3.8) is 0 Å². The molecule has 49 heavy (non-hydrogen) atoms. The standard InChI is InChI=1S/C36H37ClF3N3O5S/c1-25(2)22-41-35(45)33(20-26-11-6-4-7-12-26)42(23-27-13-10-14-29(19-27)48-3)34(44)24-43(49(46,47)30-15-8-5-9-16-30)28-17-18-32(37)31(21-28)36(38,39)40/h4-19,21,25,33H,20,22-24H2,1-3H3,(H,41,45)/t33-/m1/s1. The summed E-state index contributed by atoms with van der Waals surface area (Å²) in [5.41, 5.74) is -0.391. The fourth-order valence-electron chi connectivity index (χ4n) is 5.08. The minimum absolute atomic E-state index is 0.0745. The smallest absolute Gasteiger partial charge is 0.417 e. The highest BCUT2D eigenvalue weighted by atomic mass is 35.5. The summed E-state index contributed by atoms with van der Waals surface area (Å²) in [6.45, 7) is 3.07. The number of anilines is 1. The number of nitrogens with one attached hydrogen (secondary N) is 1. The Kier molecular flexibility index (Phi) is 12.3. The highest BCUT2D eigenvalue weighted by Gasteiger charge is 2.37. The van der Waals surface area contributed by atoms with Gasteiger partial charge in [-0.3, -0.25) is 13.9 Å². The molecule has 0 aliphatic carbocycles. The number of halogens is 4. The molecule has 1 atom stereocenters. The molecule has 0 saturated heterocycles. The van der Waals surface area contributed by atoms with Crippen molar-refractivity contribution in [1.82, 2.24) is 10.2 Å². The molecule has 0 aromatic heterocycles. The lowest BCUT2D eigenvalue weighted by molar-refractivity contribution is -0.140. The lowest BCUT2D eigenvalue weighted by Crippen LogP contribution is -2.53. The number of hydrogen-bond acceptors (Lipinski definition) is 5. The topological polar surface area (TPSA) is 96.0 Å². The second-order valence-corrected chi connectivity index (χ2v) is 14.0. The maximum absolute atomic E-state index is 14.5. The first kappa shape index (κ1) is 37.3. The van der Waals surface area contributed by atoms with Crippen LogP contribution in [0.2, 0.25) is 5.02 Å². The number of benzene rings is 4. The van der Waals surface area contributed by atoms with E-state index in [4.69, 9.17) is 16.3 Å². The van der Waals surface area contributed by atoms with Gasteiger partial charge in [-0.2, -0.15) is 13.2 Å². The molecule has 0 spiro atoms. The lowest BCUT2D eigenvalue weighted by atomic mass is 10.0. The Labute approximate surface area is 289 Å². The van der Waals surface area contributed by atoms with Crippen LogP contribution in [0.1, 0.15) is 30.5 Å². The van der Waals surface area contributed by atoms with E-state index in [1.807, 2.05) is 19.9 Å². The number of nitrogens with zero attached hydrogens (tertiary/aromatic N) is 2. The summed E-state index contributed by atoms with van der Waals surface area (Å²) in [6.07, 6.45) is -4.84. The summed E-state index contributed by atoms with van der Waals surface area (Å²) in [5, 5.41) is 2.25. The van der Waals surface area contributed by atoms with Crippen molar-refractivity contribution in [1.29, 1.82) is 0 Å². The molecular weight excluding hydrogens is 679 g/mol. The Morgan fingerprint density at radius 2 is 1.51 bits per heavy atom. The van der Waals surface area contributed by atoms with E-state index < -0.39 is 56.9 Å². The summed E-state index contributed by atoms with van der Waals surface area (Å²) < 4.78 is 76.0. The van der Waals surface area contributed by atoms with Crippen LogP contribution in [0.3, 0.4) is 0 Å². The Morgan fingerprint density at radius 1 is 0.878 bits per heavy atom. The van der Waals surface area contributed by atoms with Crippen molar-refractivity contribution in [2.24, 2.45) is 5.92 Å². The van der Waals surface area contributed by atoms with Crippen molar-refractivity contribution < 1.29 is 35.9 Å². The highest BCUT2D eigenvalue weighted by molar-refractivity contribution is 7.92. The fraction of sp³-hybridized carbons (Fsp3) is 0.278. The Bertz CT molecular complexity index is 1840. The van der Waals surface area contributed by atoms with Gasteiger partial charge in [0.15, 0.2) is 0 Å². The molecule has 0 saturated carbocycles. The van der Waals surface area contributed by atoms with Crippen molar-refractivity contribution in [3.8, 4) is 5.75 Å². The molecule has 4 aromatic carbocycles. The minimum Gasteiger partial charge on any atom is -0.497 e. The number of sulfonamides is 1. The van der Waals surface area contributed by atoms with Crippen LogP contribution in [-0.4, -0.2) is 51.4 Å². The van der Waals surface area contributed by atoms with Gasteiger partial charge in [0, 0.05) is 19.5 Å². The molecule has 0 radical (unpaired) electrons. The molecule has 1 N–H and O–H groups in total. The zero-order valence-electron chi connectivity index (χ0n) is 27.2. The maximum Gasteiger partial charge on any atom is 0.417 e. The number of rotatable bonds is 14. The van der Waals surface area contributed by atoms with E-state index in [0.717, 1.165) is 17.7 Å². The van der Waals surface area contributed by atoms with E-state index in [9.17, 15) is 31.2 Å². The Morgan fingerprint density at radius 3 is 2.12 bits per heavy atom. The van der Waals surface area contributed by atoms with Gasteiger partial charge in [-0.05, 0) is 59.5 Å². The van der Waals surface area contributed by atoms with Gasteiger partial charge in [-0.25, -0.2) is 8.42 Å². The highest BCUT2D eigenvalue weighted by Crippen LogP contribution is 2.38. The average molecular weight is 716 g/mol. The molecule has 0 fully saturated rings. The second kappa shape index (κ2) is 16.2. The van der Waals surface area contributed by atoms with Crippen LogP contribution in [-0.2, 0) is 38.8 Å². The third-order valence-corrected chi connectivity index (χ3v) is 9.71. The molecule has 13 heteroatoms. The third-order valence-electron chi connectivity index (χ3n) is 7.60. The first-order valence-corrected chi connectivity index (χ1v) is 17.2. The number of ether oxygens (including phenoxy) is 1. The zero-order valence-corrected chi connectivity index (χ0v) is 28.7. The summed E-state index contributed by atoms with van der Waals surface area (Å²) in [7, 11) is -3.13. The van der Waals surface area contributed by atoms with Gasteiger partial charge in [0.1, 0.15) is 18.3 Å². The number of methoxy groups -OCH3 is 1. The first-order chi connectivity index (χ1) is 23.2. The predicted octanol–water partition coefficient (Wildman–Crippen LogP) is 6.98. The molecule has 2 amide bonds. The molecule has 0 aliphatic rings. The zero-order chi connectivity index (χ0) is 35.8. The number of alkyl halides is 3. The monoisotopic (exact) mass is 715 g/mol. The molecule has 0 heterocycles. The minimum atomic E-state index is -4.91. The molecule has 0 bridgehead atoms.